The van der Waals surface area contributed by atoms with Gasteiger partial charge in [0.1, 0.15) is 11.6 Å². The number of anilines is 1. The van der Waals surface area contributed by atoms with E-state index >= 15 is 0 Å². The van der Waals surface area contributed by atoms with Crippen molar-refractivity contribution in [2.24, 2.45) is 0 Å². The molecule has 0 saturated heterocycles. The molecule has 2 rings (SSSR count). The smallest absolute Gasteiger partial charge is 0.128 e. The Labute approximate surface area is 123 Å². The molecule has 0 heterocycles. The van der Waals surface area contributed by atoms with E-state index in [1.165, 1.54) is 12.1 Å². The van der Waals surface area contributed by atoms with E-state index in [1.807, 2.05) is 19.1 Å². The Bertz CT molecular complexity index is 584. The molecule has 1 nitrogen and oxygen atoms in total. The standard InChI is InChI=1S/C14H11BrClF2N/c1-8(13-3-2-9(15)4-14(13)16)19-12-6-10(17)5-11(18)7-12/h2-8,19H,1H3. The summed E-state index contributed by atoms with van der Waals surface area (Å²) in [4.78, 5) is 0. The normalized spacial score (nSPS) is 12.3. The van der Waals surface area contributed by atoms with E-state index in [4.69, 9.17) is 11.6 Å². The third kappa shape index (κ3) is 3.67. The highest BCUT2D eigenvalue weighted by atomic mass is 79.9. The summed E-state index contributed by atoms with van der Waals surface area (Å²) in [6.07, 6.45) is 0. The lowest BCUT2D eigenvalue weighted by Gasteiger charge is -2.17. The van der Waals surface area contributed by atoms with Crippen LogP contribution in [0.2, 0.25) is 5.02 Å². The van der Waals surface area contributed by atoms with Crippen LogP contribution < -0.4 is 5.32 Å². The van der Waals surface area contributed by atoms with E-state index in [0.29, 0.717) is 10.7 Å². The van der Waals surface area contributed by atoms with Crippen molar-refractivity contribution in [3.8, 4) is 0 Å². The van der Waals surface area contributed by atoms with E-state index in [0.717, 1.165) is 16.1 Å². The Morgan fingerprint density at radius 1 is 1.11 bits per heavy atom. The van der Waals surface area contributed by atoms with Gasteiger partial charge in [-0.2, -0.15) is 0 Å². The lowest BCUT2D eigenvalue weighted by atomic mass is 10.1. The second kappa shape index (κ2) is 5.88. The summed E-state index contributed by atoms with van der Waals surface area (Å²) >= 11 is 9.46. The molecule has 0 aliphatic carbocycles. The van der Waals surface area contributed by atoms with Gasteiger partial charge in [0.25, 0.3) is 0 Å². The van der Waals surface area contributed by atoms with Crippen LogP contribution in [0.3, 0.4) is 0 Å². The van der Waals surface area contributed by atoms with Crippen LogP contribution >= 0.6 is 27.5 Å². The summed E-state index contributed by atoms with van der Waals surface area (Å²) in [5.41, 5.74) is 1.23. The molecule has 19 heavy (non-hydrogen) atoms. The fourth-order valence-electron chi connectivity index (χ4n) is 1.82. The first-order chi connectivity index (χ1) is 8.95. The molecular weight excluding hydrogens is 336 g/mol. The maximum Gasteiger partial charge on any atom is 0.128 e. The molecule has 2 aromatic rings. The summed E-state index contributed by atoms with van der Waals surface area (Å²) in [5.74, 6) is -1.23. The van der Waals surface area contributed by atoms with Gasteiger partial charge in [0.2, 0.25) is 0 Å². The summed E-state index contributed by atoms with van der Waals surface area (Å²) in [6.45, 7) is 1.87. The zero-order valence-electron chi connectivity index (χ0n) is 10.1. The average Bonchev–Trinajstić information content (AvgIpc) is 2.26. The molecule has 0 amide bonds. The van der Waals surface area contributed by atoms with Gasteiger partial charge in [-0.25, -0.2) is 8.78 Å². The van der Waals surface area contributed by atoms with E-state index in [2.05, 4.69) is 21.2 Å². The van der Waals surface area contributed by atoms with Crippen LogP contribution in [0.25, 0.3) is 0 Å². The van der Waals surface area contributed by atoms with Gasteiger partial charge >= 0.3 is 0 Å². The molecule has 0 spiro atoms. The molecule has 0 saturated carbocycles. The molecule has 0 radical (unpaired) electrons. The minimum atomic E-state index is -0.614. The lowest BCUT2D eigenvalue weighted by Crippen LogP contribution is -2.07. The first kappa shape index (κ1) is 14.3. The predicted molar refractivity (Wildman–Crippen MR) is 77.5 cm³/mol. The highest BCUT2D eigenvalue weighted by Gasteiger charge is 2.11. The summed E-state index contributed by atoms with van der Waals surface area (Å²) in [5, 5.41) is 3.61. The van der Waals surface area contributed by atoms with E-state index in [9.17, 15) is 8.78 Å². The minimum Gasteiger partial charge on any atom is -0.378 e. The highest BCUT2D eigenvalue weighted by molar-refractivity contribution is 9.10. The third-order valence-electron chi connectivity index (χ3n) is 2.67. The largest absolute Gasteiger partial charge is 0.378 e. The number of benzene rings is 2. The Hall–Kier alpha value is -1.13. The number of hydrogen-bond acceptors (Lipinski definition) is 1. The monoisotopic (exact) mass is 345 g/mol. The van der Waals surface area contributed by atoms with Crippen molar-refractivity contribution in [1.82, 2.24) is 0 Å². The van der Waals surface area contributed by atoms with Crippen LogP contribution in [0.4, 0.5) is 14.5 Å². The Balaban J connectivity index is 2.22. The van der Waals surface area contributed by atoms with Gasteiger partial charge < -0.3 is 5.32 Å². The molecule has 0 aliphatic rings. The summed E-state index contributed by atoms with van der Waals surface area (Å²) in [6, 6.07) is 8.66. The molecular formula is C14H11BrClF2N. The molecule has 0 fully saturated rings. The summed E-state index contributed by atoms with van der Waals surface area (Å²) in [7, 11) is 0. The Morgan fingerprint density at radius 3 is 2.32 bits per heavy atom. The second-order valence-corrected chi connectivity index (χ2v) is 5.51. The van der Waals surface area contributed by atoms with Crippen molar-refractivity contribution < 1.29 is 8.78 Å². The van der Waals surface area contributed by atoms with Gasteiger partial charge in [0, 0.05) is 27.3 Å². The number of nitrogens with one attached hydrogen (secondary N) is 1. The van der Waals surface area contributed by atoms with Crippen LogP contribution in [0.15, 0.2) is 40.9 Å². The molecule has 1 unspecified atom stereocenters. The summed E-state index contributed by atoms with van der Waals surface area (Å²) < 4.78 is 27.1. The fraction of sp³-hybridized carbons (Fsp3) is 0.143. The van der Waals surface area contributed by atoms with E-state index in [-0.39, 0.29) is 6.04 Å². The van der Waals surface area contributed by atoms with Gasteiger partial charge in [-0.05, 0) is 36.8 Å². The molecule has 2 aromatic carbocycles. The average molecular weight is 347 g/mol. The van der Waals surface area contributed by atoms with Crippen molar-refractivity contribution in [2.75, 3.05) is 5.32 Å². The SMILES string of the molecule is CC(Nc1cc(F)cc(F)c1)c1ccc(Br)cc1Cl. The lowest BCUT2D eigenvalue weighted by molar-refractivity contribution is 0.583. The van der Waals surface area contributed by atoms with Crippen LogP contribution in [0, 0.1) is 11.6 Å². The van der Waals surface area contributed by atoms with Crippen molar-refractivity contribution in [3.05, 3.63) is 63.1 Å². The maximum atomic E-state index is 13.1. The molecule has 0 aliphatic heterocycles. The number of rotatable bonds is 3. The van der Waals surface area contributed by atoms with Crippen molar-refractivity contribution in [1.29, 1.82) is 0 Å². The first-order valence-corrected chi connectivity index (χ1v) is 6.80. The Kier molecular flexibility index (Phi) is 4.42. The second-order valence-electron chi connectivity index (χ2n) is 4.19. The predicted octanol–water partition coefficient (Wildman–Crippen LogP) is 5.55. The van der Waals surface area contributed by atoms with Gasteiger partial charge in [0.05, 0.1) is 0 Å². The van der Waals surface area contributed by atoms with Gasteiger partial charge in [-0.15, -0.1) is 0 Å². The van der Waals surface area contributed by atoms with Crippen molar-refractivity contribution in [2.45, 2.75) is 13.0 Å². The molecule has 100 valence electrons. The fourth-order valence-corrected chi connectivity index (χ4v) is 2.65. The zero-order valence-corrected chi connectivity index (χ0v) is 12.4. The van der Waals surface area contributed by atoms with Crippen LogP contribution in [-0.4, -0.2) is 0 Å². The van der Waals surface area contributed by atoms with Crippen LogP contribution in [-0.2, 0) is 0 Å². The van der Waals surface area contributed by atoms with Crippen molar-refractivity contribution in [3.63, 3.8) is 0 Å². The first-order valence-electron chi connectivity index (χ1n) is 5.63. The molecule has 5 heteroatoms. The topological polar surface area (TPSA) is 12.0 Å². The number of halogens is 4. The number of hydrogen-bond donors (Lipinski definition) is 1. The molecule has 0 aromatic heterocycles. The van der Waals surface area contributed by atoms with Crippen molar-refractivity contribution >= 4 is 33.2 Å². The molecule has 0 bridgehead atoms. The van der Waals surface area contributed by atoms with Gasteiger partial charge in [0.15, 0.2) is 0 Å². The highest BCUT2D eigenvalue weighted by Crippen LogP contribution is 2.28. The van der Waals surface area contributed by atoms with Gasteiger partial charge in [-0.3, -0.25) is 0 Å². The Morgan fingerprint density at radius 2 is 1.74 bits per heavy atom. The van der Waals surface area contributed by atoms with Gasteiger partial charge in [-0.1, -0.05) is 33.6 Å². The van der Waals surface area contributed by atoms with Crippen LogP contribution in [0.5, 0.6) is 0 Å². The van der Waals surface area contributed by atoms with E-state index < -0.39 is 11.6 Å². The molecule has 1 atom stereocenters. The molecule has 1 N–H and O–H groups in total. The minimum absolute atomic E-state index is 0.165. The maximum absolute atomic E-state index is 13.1. The van der Waals surface area contributed by atoms with E-state index in [1.54, 1.807) is 6.07 Å². The third-order valence-corrected chi connectivity index (χ3v) is 3.50. The van der Waals surface area contributed by atoms with Crippen LogP contribution in [0.1, 0.15) is 18.5 Å². The zero-order chi connectivity index (χ0) is 14.0. The quantitative estimate of drug-likeness (QED) is 0.768.